The van der Waals surface area contributed by atoms with Gasteiger partial charge < -0.3 is 4.43 Å². The lowest BCUT2D eigenvalue weighted by atomic mass is 10.1. The Morgan fingerprint density at radius 1 is 0.667 bits per heavy atom. The summed E-state index contributed by atoms with van der Waals surface area (Å²) in [5, 5.41) is 0. The quantitative estimate of drug-likeness (QED) is 0.355. The maximum Gasteiger partial charge on any atom is 0.246 e. The molecule has 0 fully saturated rings. The first kappa shape index (κ1) is 15.2. The van der Waals surface area contributed by atoms with Crippen molar-refractivity contribution in [2.24, 2.45) is 0 Å². The third-order valence-corrected chi connectivity index (χ3v) is 3.05. The number of rotatable bonds is 12. The molecule has 0 aromatic heterocycles. The van der Waals surface area contributed by atoms with Crippen LogP contribution in [0, 0.1) is 0 Å². The summed E-state index contributed by atoms with van der Waals surface area (Å²) < 4.78 is 4.83. The van der Waals surface area contributed by atoms with Gasteiger partial charge in [-0.1, -0.05) is 71.1 Å². The molecule has 0 spiro atoms. The van der Waals surface area contributed by atoms with Crippen molar-refractivity contribution < 1.29 is 4.43 Å². The van der Waals surface area contributed by atoms with Gasteiger partial charge in [0.15, 0.2) is 0 Å². The van der Waals surface area contributed by atoms with Crippen LogP contribution >= 0.6 is 0 Å². The maximum absolute atomic E-state index is 4.83. The Balaban J connectivity index is 2.81. The zero-order valence-electron chi connectivity index (χ0n) is 10.4. The van der Waals surface area contributed by atoms with Gasteiger partial charge in [-0.15, -0.1) is 0 Å². The Hall–Kier alpha value is 0.177. The van der Waals surface area contributed by atoms with E-state index in [0.29, 0.717) is 0 Å². The van der Waals surface area contributed by atoms with Crippen LogP contribution in [0.1, 0.15) is 77.6 Å². The van der Waals surface area contributed by atoms with Crippen LogP contribution in [0.25, 0.3) is 0 Å². The molecule has 0 aromatic carbocycles. The van der Waals surface area contributed by atoms with Crippen molar-refractivity contribution in [1.82, 2.24) is 0 Å². The first-order chi connectivity index (χ1) is 7.41. The van der Waals surface area contributed by atoms with Crippen molar-refractivity contribution in [3.63, 3.8) is 0 Å². The standard InChI is InChI=1S/C13H27OSi/c1-2-3-4-5-6-7-8-9-10-11-12-13-14-15/h2-13H2,1H3. The minimum absolute atomic E-state index is 0.855. The maximum atomic E-state index is 4.83. The highest BCUT2D eigenvalue weighted by atomic mass is 28.2. The fourth-order valence-electron chi connectivity index (χ4n) is 1.84. The molecule has 3 radical (unpaired) electrons. The molecule has 15 heavy (non-hydrogen) atoms. The van der Waals surface area contributed by atoms with Crippen LogP contribution in [0.15, 0.2) is 0 Å². The molecule has 0 aliphatic rings. The van der Waals surface area contributed by atoms with Gasteiger partial charge in [0.05, 0.1) is 0 Å². The number of hydrogen-bond acceptors (Lipinski definition) is 1. The van der Waals surface area contributed by atoms with Crippen molar-refractivity contribution >= 4 is 10.5 Å². The molecule has 0 N–H and O–H groups in total. The summed E-state index contributed by atoms with van der Waals surface area (Å²) in [6.45, 7) is 3.13. The van der Waals surface area contributed by atoms with Gasteiger partial charge in [-0.2, -0.15) is 0 Å². The summed E-state index contributed by atoms with van der Waals surface area (Å²) in [5.41, 5.74) is 0. The van der Waals surface area contributed by atoms with Crippen LogP contribution in [0.4, 0.5) is 0 Å². The smallest absolute Gasteiger partial charge is 0.246 e. The van der Waals surface area contributed by atoms with Crippen LogP contribution < -0.4 is 0 Å². The van der Waals surface area contributed by atoms with E-state index in [1.807, 2.05) is 0 Å². The normalized spacial score (nSPS) is 10.8. The highest BCUT2D eigenvalue weighted by molar-refractivity contribution is 5.97. The molecule has 89 valence electrons. The third kappa shape index (κ3) is 14.2. The molecule has 0 aliphatic carbocycles. The Labute approximate surface area is 99.5 Å². The lowest BCUT2D eigenvalue weighted by Gasteiger charge is -2.02. The monoisotopic (exact) mass is 227 g/mol. The molecule has 0 saturated heterocycles. The van der Waals surface area contributed by atoms with E-state index in [4.69, 9.17) is 4.43 Å². The molecule has 1 nitrogen and oxygen atoms in total. The molecular formula is C13H27OSi. The van der Waals surface area contributed by atoms with E-state index >= 15 is 0 Å². The summed E-state index contributed by atoms with van der Waals surface area (Å²) in [4.78, 5) is 0. The first-order valence-electron chi connectivity index (χ1n) is 6.70. The SMILES string of the molecule is CCCCCCCCCCCCCO[Si]. The largest absolute Gasteiger partial charge is 0.419 e. The summed E-state index contributed by atoms with van der Waals surface area (Å²) in [7, 11) is 3.02. The van der Waals surface area contributed by atoms with Gasteiger partial charge in [-0.05, 0) is 6.42 Å². The Bertz CT molecular complexity index is 94.7. The van der Waals surface area contributed by atoms with E-state index in [9.17, 15) is 0 Å². The molecule has 0 aromatic rings. The van der Waals surface area contributed by atoms with Crippen molar-refractivity contribution in [3.8, 4) is 0 Å². The predicted molar refractivity (Wildman–Crippen MR) is 68.2 cm³/mol. The van der Waals surface area contributed by atoms with E-state index in [-0.39, 0.29) is 0 Å². The van der Waals surface area contributed by atoms with E-state index in [0.717, 1.165) is 6.61 Å². The Morgan fingerprint density at radius 3 is 1.47 bits per heavy atom. The number of hydrogen-bond donors (Lipinski definition) is 0. The van der Waals surface area contributed by atoms with Gasteiger partial charge in [0.2, 0.25) is 10.5 Å². The molecule has 0 saturated carbocycles. The molecular weight excluding hydrogens is 200 g/mol. The number of unbranched alkanes of at least 4 members (excludes halogenated alkanes) is 10. The van der Waals surface area contributed by atoms with Gasteiger partial charge in [-0.3, -0.25) is 0 Å². The van der Waals surface area contributed by atoms with E-state index < -0.39 is 0 Å². The predicted octanol–water partition coefficient (Wildman–Crippen LogP) is 4.40. The second-order valence-electron chi connectivity index (χ2n) is 4.38. The van der Waals surface area contributed by atoms with Crippen LogP contribution in [0.5, 0.6) is 0 Å². The van der Waals surface area contributed by atoms with Crippen molar-refractivity contribution in [2.45, 2.75) is 77.6 Å². The van der Waals surface area contributed by atoms with Gasteiger partial charge >= 0.3 is 0 Å². The van der Waals surface area contributed by atoms with Crippen molar-refractivity contribution in [1.29, 1.82) is 0 Å². The summed E-state index contributed by atoms with van der Waals surface area (Å²) >= 11 is 0. The lowest BCUT2D eigenvalue weighted by Crippen LogP contribution is -1.89. The molecule has 0 heterocycles. The zero-order valence-corrected chi connectivity index (χ0v) is 11.4. The van der Waals surface area contributed by atoms with E-state index in [1.54, 1.807) is 0 Å². The fraction of sp³-hybridized carbons (Fsp3) is 1.00. The molecule has 2 heteroatoms. The topological polar surface area (TPSA) is 9.23 Å². The van der Waals surface area contributed by atoms with Gasteiger partial charge in [-0.25, -0.2) is 0 Å². The van der Waals surface area contributed by atoms with Gasteiger partial charge in [0.25, 0.3) is 0 Å². The zero-order chi connectivity index (χ0) is 11.2. The second kappa shape index (κ2) is 14.2. The van der Waals surface area contributed by atoms with Crippen LogP contribution in [-0.2, 0) is 4.43 Å². The van der Waals surface area contributed by atoms with Crippen LogP contribution in [0.2, 0.25) is 0 Å². The minimum Gasteiger partial charge on any atom is -0.419 e. The van der Waals surface area contributed by atoms with Crippen LogP contribution in [0.3, 0.4) is 0 Å². The van der Waals surface area contributed by atoms with Crippen LogP contribution in [-0.4, -0.2) is 17.1 Å². The van der Waals surface area contributed by atoms with Crippen molar-refractivity contribution in [2.75, 3.05) is 6.61 Å². The molecule has 0 atom stereocenters. The highest BCUT2D eigenvalue weighted by Gasteiger charge is 1.92. The average Bonchev–Trinajstić information content (AvgIpc) is 2.26. The van der Waals surface area contributed by atoms with Gasteiger partial charge in [0.1, 0.15) is 0 Å². The average molecular weight is 227 g/mol. The van der Waals surface area contributed by atoms with Crippen molar-refractivity contribution in [3.05, 3.63) is 0 Å². The minimum atomic E-state index is 0.855. The highest BCUT2D eigenvalue weighted by Crippen LogP contribution is 2.10. The van der Waals surface area contributed by atoms with Gasteiger partial charge in [0, 0.05) is 6.61 Å². The Morgan fingerprint density at radius 2 is 1.07 bits per heavy atom. The summed E-state index contributed by atoms with van der Waals surface area (Å²) in [6, 6.07) is 0. The molecule has 0 unspecified atom stereocenters. The summed E-state index contributed by atoms with van der Waals surface area (Å²) in [5.74, 6) is 0. The van der Waals surface area contributed by atoms with E-state index in [1.165, 1.54) is 70.6 Å². The molecule has 0 aliphatic heterocycles. The third-order valence-electron chi connectivity index (χ3n) is 2.85. The molecule has 0 amide bonds. The van der Waals surface area contributed by atoms with E-state index in [2.05, 4.69) is 17.4 Å². The lowest BCUT2D eigenvalue weighted by molar-refractivity contribution is 0.332. The second-order valence-corrected chi connectivity index (χ2v) is 4.67. The first-order valence-corrected chi connectivity index (χ1v) is 7.11. The summed E-state index contributed by atoms with van der Waals surface area (Å²) in [6.07, 6.45) is 15.3. The Kier molecular flexibility index (Phi) is 14.3. The fourth-order valence-corrected chi connectivity index (χ4v) is 1.98. The molecule has 0 bridgehead atoms. The molecule has 0 rings (SSSR count).